The molecule has 1 aromatic heterocycles. The molecular formula is C23H32N4O4. The smallest absolute Gasteiger partial charge is 0.320 e. The molecule has 4 heterocycles. The fraction of sp³-hybridized carbons (Fsp3) is 0.696. The molecule has 1 saturated carbocycles. The van der Waals surface area contributed by atoms with E-state index in [2.05, 4.69) is 14.8 Å². The van der Waals surface area contributed by atoms with Crippen molar-refractivity contribution in [1.29, 1.82) is 0 Å². The van der Waals surface area contributed by atoms with Crippen LogP contribution in [0.1, 0.15) is 48.9 Å². The van der Waals surface area contributed by atoms with Crippen molar-refractivity contribution in [3.63, 3.8) is 0 Å². The maximum absolute atomic E-state index is 13.4. The van der Waals surface area contributed by atoms with E-state index >= 15 is 0 Å². The van der Waals surface area contributed by atoms with Gasteiger partial charge in [-0.3, -0.25) is 4.79 Å². The second kappa shape index (κ2) is 8.30. The summed E-state index contributed by atoms with van der Waals surface area (Å²) in [5.41, 5.74) is 0.481. The van der Waals surface area contributed by atoms with Crippen LogP contribution in [-0.2, 0) is 4.74 Å². The van der Waals surface area contributed by atoms with Gasteiger partial charge in [0.05, 0.1) is 18.2 Å². The Morgan fingerprint density at radius 1 is 1.19 bits per heavy atom. The molecule has 3 saturated heterocycles. The molecule has 0 unspecified atom stereocenters. The fourth-order valence-electron chi connectivity index (χ4n) is 5.44. The van der Waals surface area contributed by atoms with E-state index in [0.29, 0.717) is 30.5 Å². The van der Waals surface area contributed by atoms with Crippen LogP contribution in [0, 0.1) is 5.92 Å². The van der Waals surface area contributed by atoms with Crippen molar-refractivity contribution in [1.82, 2.24) is 19.7 Å². The highest BCUT2D eigenvalue weighted by Gasteiger charge is 2.53. The number of likely N-dealkylation sites (tertiary alicyclic amines) is 1. The molecule has 0 N–H and O–H groups in total. The van der Waals surface area contributed by atoms with Gasteiger partial charge >= 0.3 is 6.03 Å². The largest absolute Gasteiger partial charge is 0.481 e. The van der Waals surface area contributed by atoms with Gasteiger partial charge in [-0.1, -0.05) is 0 Å². The first-order chi connectivity index (χ1) is 15.1. The lowest BCUT2D eigenvalue weighted by atomic mass is 9.86. The number of ether oxygens (including phenoxy) is 2. The van der Waals surface area contributed by atoms with Crippen molar-refractivity contribution in [2.45, 2.75) is 50.1 Å². The zero-order valence-corrected chi connectivity index (χ0v) is 18.3. The molecule has 1 aliphatic carbocycles. The molecule has 8 heteroatoms. The van der Waals surface area contributed by atoms with Crippen LogP contribution in [0.3, 0.4) is 0 Å². The Labute approximate surface area is 183 Å². The lowest BCUT2D eigenvalue weighted by Gasteiger charge is -2.46. The molecular weight excluding hydrogens is 396 g/mol. The first kappa shape index (κ1) is 20.5. The van der Waals surface area contributed by atoms with Gasteiger partial charge in [0, 0.05) is 57.7 Å². The number of hydrogen-bond donors (Lipinski definition) is 0. The first-order valence-corrected chi connectivity index (χ1v) is 11.5. The van der Waals surface area contributed by atoms with E-state index in [0.717, 1.165) is 52.0 Å². The summed E-state index contributed by atoms with van der Waals surface area (Å²) >= 11 is 0. The van der Waals surface area contributed by atoms with E-state index in [1.54, 1.807) is 25.4 Å². The van der Waals surface area contributed by atoms with Crippen LogP contribution in [0.2, 0.25) is 0 Å². The van der Waals surface area contributed by atoms with E-state index in [1.165, 1.54) is 12.8 Å². The Hall–Kier alpha value is -2.35. The summed E-state index contributed by atoms with van der Waals surface area (Å²) in [6.45, 7) is 4.51. The number of aromatic nitrogens is 1. The van der Waals surface area contributed by atoms with Crippen molar-refractivity contribution in [3.8, 4) is 5.88 Å². The third kappa shape index (κ3) is 3.97. The predicted molar refractivity (Wildman–Crippen MR) is 114 cm³/mol. The average molecular weight is 429 g/mol. The molecule has 0 aromatic carbocycles. The second-order valence-electron chi connectivity index (χ2n) is 9.43. The summed E-state index contributed by atoms with van der Waals surface area (Å²) < 4.78 is 10.7. The van der Waals surface area contributed by atoms with Crippen LogP contribution < -0.4 is 4.74 Å². The summed E-state index contributed by atoms with van der Waals surface area (Å²) in [6.07, 6.45) is 7.54. The van der Waals surface area contributed by atoms with E-state index < -0.39 is 0 Å². The number of pyridine rings is 1. The molecule has 31 heavy (non-hydrogen) atoms. The Morgan fingerprint density at radius 3 is 2.55 bits per heavy atom. The second-order valence-corrected chi connectivity index (χ2v) is 9.43. The van der Waals surface area contributed by atoms with E-state index in [9.17, 15) is 9.59 Å². The van der Waals surface area contributed by atoms with Crippen LogP contribution in [0.4, 0.5) is 4.79 Å². The van der Waals surface area contributed by atoms with Gasteiger partial charge in [-0.25, -0.2) is 9.78 Å². The SMILES string of the molecule is COc1ccc(C(=O)N2CCC(N3C(=O)N(CC4CC4)CC34CCOCC4)CC2)cn1. The minimum absolute atomic E-state index is 0.00232. The Bertz CT molecular complexity index is 811. The zero-order chi connectivity index (χ0) is 21.4. The number of nitrogens with zero attached hydrogens (tertiary/aromatic N) is 4. The van der Waals surface area contributed by atoms with Gasteiger partial charge in [0.25, 0.3) is 5.91 Å². The van der Waals surface area contributed by atoms with E-state index in [-0.39, 0.29) is 23.5 Å². The Kier molecular flexibility index (Phi) is 5.50. The van der Waals surface area contributed by atoms with Gasteiger partial charge in [0.15, 0.2) is 0 Å². The summed E-state index contributed by atoms with van der Waals surface area (Å²) in [5.74, 6) is 1.19. The number of amides is 3. The molecule has 4 fully saturated rings. The van der Waals surface area contributed by atoms with E-state index in [4.69, 9.17) is 9.47 Å². The topological polar surface area (TPSA) is 75.2 Å². The highest BCUT2D eigenvalue weighted by atomic mass is 16.5. The lowest BCUT2D eigenvalue weighted by Crippen LogP contribution is -2.57. The Balaban J connectivity index is 1.26. The van der Waals surface area contributed by atoms with Gasteiger partial charge in [0.1, 0.15) is 0 Å². The number of carbonyl (C=O) groups excluding carboxylic acids is 2. The predicted octanol–water partition coefficient (Wildman–Crippen LogP) is 2.39. The van der Waals surface area contributed by atoms with Crippen LogP contribution in [0.5, 0.6) is 5.88 Å². The summed E-state index contributed by atoms with van der Waals surface area (Å²) in [5, 5.41) is 0. The molecule has 1 spiro atoms. The van der Waals surface area contributed by atoms with Gasteiger partial charge in [-0.2, -0.15) is 0 Å². The zero-order valence-electron chi connectivity index (χ0n) is 18.3. The number of rotatable bonds is 5. The first-order valence-electron chi connectivity index (χ1n) is 11.5. The molecule has 168 valence electrons. The van der Waals surface area contributed by atoms with Gasteiger partial charge < -0.3 is 24.2 Å². The molecule has 3 amide bonds. The standard InChI is InChI=1S/C23H32N4O4/c1-30-20-5-4-18(14-24-20)21(28)25-10-6-19(7-11-25)27-22(29)26(15-17-2-3-17)16-23(27)8-12-31-13-9-23/h4-5,14,17,19H,2-3,6-13,15-16H2,1H3. The minimum atomic E-state index is -0.0963. The highest BCUT2D eigenvalue weighted by Crippen LogP contribution is 2.41. The number of piperidine rings is 1. The molecule has 0 radical (unpaired) electrons. The number of methoxy groups -OCH3 is 1. The monoisotopic (exact) mass is 428 g/mol. The van der Waals surface area contributed by atoms with Crippen molar-refractivity contribution >= 4 is 11.9 Å². The summed E-state index contributed by atoms with van der Waals surface area (Å²) in [4.78, 5) is 36.7. The molecule has 1 aromatic rings. The number of urea groups is 1. The lowest BCUT2D eigenvalue weighted by molar-refractivity contribution is -0.0153. The highest BCUT2D eigenvalue weighted by molar-refractivity contribution is 5.94. The van der Waals surface area contributed by atoms with Crippen LogP contribution in [0.25, 0.3) is 0 Å². The molecule has 0 bridgehead atoms. The maximum atomic E-state index is 13.4. The number of hydrogen-bond acceptors (Lipinski definition) is 5. The summed E-state index contributed by atoms with van der Waals surface area (Å²) in [7, 11) is 1.56. The van der Waals surface area contributed by atoms with Crippen LogP contribution >= 0.6 is 0 Å². The van der Waals surface area contributed by atoms with E-state index in [1.807, 2.05) is 4.90 Å². The third-order valence-corrected chi connectivity index (χ3v) is 7.38. The normalized spacial score (nSPS) is 24.2. The molecule has 3 aliphatic heterocycles. The maximum Gasteiger partial charge on any atom is 0.320 e. The van der Waals surface area contributed by atoms with Gasteiger partial charge in [-0.15, -0.1) is 0 Å². The third-order valence-electron chi connectivity index (χ3n) is 7.38. The fourth-order valence-corrected chi connectivity index (χ4v) is 5.44. The van der Waals surface area contributed by atoms with Crippen molar-refractivity contribution in [2.24, 2.45) is 5.92 Å². The van der Waals surface area contributed by atoms with Crippen molar-refractivity contribution in [2.75, 3.05) is 46.5 Å². The van der Waals surface area contributed by atoms with Gasteiger partial charge in [0.2, 0.25) is 5.88 Å². The van der Waals surface area contributed by atoms with Crippen molar-refractivity contribution < 1.29 is 19.1 Å². The summed E-state index contributed by atoms with van der Waals surface area (Å²) in [6, 6.07) is 3.87. The van der Waals surface area contributed by atoms with Crippen molar-refractivity contribution in [3.05, 3.63) is 23.9 Å². The quantitative estimate of drug-likeness (QED) is 0.720. The average Bonchev–Trinajstić information content (AvgIpc) is 3.59. The molecule has 8 nitrogen and oxygen atoms in total. The molecule has 5 rings (SSSR count). The Morgan fingerprint density at radius 2 is 1.94 bits per heavy atom. The van der Waals surface area contributed by atoms with Crippen LogP contribution in [0.15, 0.2) is 18.3 Å². The van der Waals surface area contributed by atoms with Gasteiger partial charge in [-0.05, 0) is 50.5 Å². The van der Waals surface area contributed by atoms with Crippen LogP contribution in [-0.4, -0.2) is 89.7 Å². The number of carbonyl (C=O) groups is 2. The molecule has 4 aliphatic rings. The minimum Gasteiger partial charge on any atom is -0.481 e. The molecule has 0 atom stereocenters.